The number of hydrogen-bond donors (Lipinski definition) is 0. The van der Waals surface area contributed by atoms with Crippen LogP contribution in [0.2, 0.25) is 0 Å². The number of ketones is 1. The number of piperidine rings is 1. The van der Waals surface area contributed by atoms with Crippen molar-refractivity contribution in [3.8, 4) is 34.0 Å². The highest BCUT2D eigenvalue weighted by Gasteiger charge is 2.43. The average molecular weight is 722 g/mol. The predicted molar refractivity (Wildman–Crippen MR) is 192 cm³/mol. The van der Waals surface area contributed by atoms with Crippen molar-refractivity contribution < 1.29 is 42.2 Å². The molecule has 1 aliphatic heterocycles. The highest BCUT2D eigenvalue weighted by molar-refractivity contribution is 5.86. The maximum absolute atomic E-state index is 15.0. The SMILES string of the molecule is CC(C)(C)C(=O)COC(=O)OC1(OC(=O)OCc2ccccc2)CCN(Cc2ccc(-c3noc(-c4ccc(-c5ccccc5)c(F)c4)n3)cc2)CC1. The average Bonchev–Trinajstić information content (AvgIpc) is 3.65. The smallest absolute Gasteiger partial charge is 0.429 e. The Labute approximate surface area is 306 Å². The summed E-state index contributed by atoms with van der Waals surface area (Å²) in [6.45, 7) is 6.06. The van der Waals surface area contributed by atoms with Crippen molar-refractivity contribution in [2.75, 3.05) is 19.7 Å². The summed E-state index contributed by atoms with van der Waals surface area (Å²) in [5.41, 5.74) is 3.52. The number of Topliss-reactive ketones (excluding diaryl/α,β-unsaturated/α-hetero) is 1. The highest BCUT2D eigenvalue weighted by Crippen LogP contribution is 2.32. The summed E-state index contributed by atoms with van der Waals surface area (Å²) in [5.74, 6) is -1.74. The molecule has 0 aliphatic carbocycles. The van der Waals surface area contributed by atoms with Crippen LogP contribution in [0, 0.1) is 11.2 Å². The molecule has 1 aliphatic rings. The fourth-order valence-corrected chi connectivity index (χ4v) is 5.67. The summed E-state index contributed by atoms with van der Waals surface area (Å²) >= 11 is 0. The van der Waals surface area contributed by atoms with Crippen molar-refractivity contribution in [1.29, 1.82) is 0 Å². The minimum Gasteiger partial charge on any atom is -0.429 e. The molecular formula is C41H40FN3O8. The van der Waals surface area contributed by atoms with E-state index in [-0.39, 0.29) is 36.9 Å². The fourth-order valence-electron chi connectivity index (χ4n) is 5.67. The van der Waals surface area contributed by atoms with Gasteiger partial charge in [0.2, 0.25) is 5.82 Å². The van der Waals surface area contributed by atoms with Gasteiger partial charge in [-0.1, -0.05) is 117 Å². The Kier molecular flexibility index (Phi) is 11.3. The Hall–Kier alpha value is -5.88. The molecule has 0 spiro atoms. The molecule has 0 atom stereocenters. The molecule has 0 saturated carbocycles. The number of carbonyl (C=O) groups is 3. The first-order valence-electron chi connectivity index (χ1n) is 17.3. The Morgan fingerprint density at radius 3 is 2.04 bits per heavy atom. The zero-order chi connectivity index (χ0) is 37.4. The second-order valence-electron chi connectivity index (χ2n) is 13.8. The lowest BCUT2D eigenvalue weighted by atomic mass is 9.91. The number of carbonyl (C=O) groups excluding carboxylic acids is 3. The molecule has 0 N–H and O–H groups in total. The van der Waals surface area contributed by atoms with Crippen LogP contribution in [0.4, 0.5) is 14.0 Å². The normalized spacial score (nSPS) is 14.3. The first-order valence-corrected chi connectivity index (χ1v) is 17.3. The summed E-state index contributed by atoms with van der Waals surface area (Å²) in [7, 11) is 0. The van der Waals surface area contributed by atoms with Gasteiger partial charge in [0, 0.05) is 54.6 Å². The number of likely N-dealkylation sites (tertiary alicyclic amines) is 1. The lowest BCUT2D eigenvalue weighted by Crippen LogP contribution is -2.50. The van der Waals surface area contributed by atoms with E-state index in [0.717, 1.165) is 22.3 Å². The van der Waals surface area contributed by atoms with Crippen molar-refractivity contribution in [3.63, 3.8) is 0 Å². The van der Waals surface area contributed by atoms with Gasteiger partial charge in [0.05, 0.1) is 0 Å². The van der Waals surface area contributed by atoms with Gasteiger partial charge in [-0.15, -0.1) is 0 Å². The molecule has 5 aromatic rings. The van der Waals surface area contributed by atoms with Crippen molar-refractivity contribution in [3.05, 3.63) is 120 Å². The predicted octanol–water partition coefficient (Wildman–Crippen LogP) is 8.62. The minimum absolute atomic E-state index is 0.0199. The molecule has 4 aromatic carbocycles. The van der Waals surface area contributed by atoms with Gasteiger partial charge in [-0.05, 0) is 28.8 Å². The molecular weight excluding hydrogens is 681 g/mol. The van der Waals surface area contributed by atoms with Gasteiger partial charge >= 0.3 is 12.3 Å². The second-order valence-corrected chi connectivity index (χ2v) is 13.8. The number of hydrogen-bond acceptors (Lipinski definition) is 11. The molecule has 1 saturated heterocycles. The van der Waals surface area contributed by atoms with Crippen molar-refractivity contribution in [1.82, 2.24) is 15.0 Å². The lowest BCUT2D eigenvalue weighted by Gasteiger charge is -2.39. The number of nitrogens with zero attached hydrogens (tertiary/aromatic N) is 3. The molecule has 0 radical (unpaired) electrons. The summed E-state index contributed by atoms with van der Waals surface area (Å²) in [4.78, 5) is 44.4. The molecule has 0 bridgehead atoms. The Bertz CT molecular complexity index is 2020. The van der Waals surface area contributed by atoms with Crippen LogP contribution in [0.3, 0.4) is 0 Å². The standard InChI is InChI=1S/C41H40FN3O8/c1-40(2,3)35(46)27-50-39(48)52-41(51-38(47)49-26-29-10-6-4-7-11-29)20-22-45(23-21-41)25-28-14-16-31(17-15-28)36-43-37(53-44-36)32-18-19-33(34(42)24-32)30-12-8-5-9-13-30/h4-19,24H,20-23,25-27H2,1-3H3. The van der Waals surface area contributed by atoms with E-state index in [0.29, 0.717) is 36.6 Å². The number of aromatic nitrogens is 2. The molecule has 53 heavy (non-hydrogen) atoms. The summed E-state index contributed by atoms with van der Waals surface area (Å²) in [5, 5.41) is 4.11. The van der Waals surface area contributed by atoms with E-state index in [1.807, 2.05) is 84.9 Å². The van der Waals surface area contributed by atoms with Crippen LogP contribution in [0.25, 0.3) is 34.0 Å². The summed E-state index contributed by atoms with van der Waals surface area (Å²) < 4.78 is 42.1. The van der Waals surface area contributed by atoms with Crippen LogP contribution in [-0.4, -0.2) is 58.6 Å². The van der Waals surface area contributed by atoms with E-state index in [1.165, 1.54) is 6.07 Å². The van der Waals surface area contributed by atoms with Crippen LogP contribution in [0.15, 0.2) is 108 Å². The molecule has 1 aromatic heterocycles. The van der Waals surface area contributed by atoms with Crippen LogP contribution >= 0.6 is 0 Å². The first-order chi connectivity index (χ1) is 25.5. The van der Waals surface area contributed by atoms with Crippen molar-refractivity contribution >= 4 is 18.1 Å². The maximum atomic E-state index is 15.0. The zero-order valence-corrected chi connectivity index (χ0v) is 29.8. The molecule has 11 nitrogen and oxygen atoms in total. The van der Waals surface area contributed by atoms with Gasteiger partial charge in [-0.25, -0.2) is 14.0 Å². The molecule has 2 heterocycles. The highest BCUT2D eigenvalue weighted by atomic mass is 19.1. The molecule has 1 fully saturated rings. The monoisotopic (exact) mass is 721 g/mol. The van der Waals surface area contributed by atoms with E-state index in [2.05, 4.69) is 15.0 Å². The number of halogens is 1. The van der Waals surface area contributed by atoms with Gasteiger partial charge < -0.3 is 23.5 Å². The Morgan fingerprint density at radius 2 is 1.40 bits per heavy atom. The van der Waals surface area contributed by atoms with Crippen LogP contribution in [0.1, 0.15) is 44.7 Å². The van der Waals surface area contributed by atoms with Gasteiger partial charge in [-0.3, -0.25) is 9.69 Å². The Balaban J connectivity index is 1.06. The quantitative estimate of drug-likeness (QED) is 0.0960. The minimum atomic E-state index is -1.64. The van der Waals surface area contributed by atoms with Crippen molar-refractivity contribution in [2.24, 2.45) is 5.41 Å². The van der Waals surface area contributed by atoms with Crippen molar-refractivity contribution in [2.45, 2.75) is 52.6 Å². The summed E-state index contributed by atoms with van der Waals surface area (Å²) in [6, 6.07) is 30.9. The van der Waals surface area contributed by atoms with Gasteiger partial charge in [0.1, 0.15) is 12.4 Å². The third-order valence-electron chi connectivity index (χ3n) is 8.86. The lowest BCUT2D eigenvalue weighted by molar-refractivity contribution is -0.212. The first kappa shape index (κ1) is 36.9. The van der Waals surface area contributed by atoms with Crippen LogP contribution in [-0.2, 0) is 36.9 Å². The van der Waals surface area contributed by atoms with E-state index >= 15 is 0 Å². The van der Waals surface area contributed by atoms with Gasteiger partial charge in [0.25, 0.3) is 11.7 Å². The second kappa shape index (κ2) is 16.2. The largest absolute Gasteiger partial charge is 0.512 e. The van der Waals surface area contributed by atoms with E-state index in [4.69, 9.17) is 23.5 Å². The van der Waals surface area contributed by atoms with E-state index in [9.17, 15) is 18.8 Å². The molecule has 0 amide bonds. The van der Waals surface area contributed by atoms with Gasteiger partial charge in [0.15, 0.2) is 12.4 Å². The molecule has 12 heteroatoms. The molecule has 6 rings (SSSR count). The van der Waals surface area contributed by atoms with Crippen LogP contribution < -0.4 is 0 Å². The zero-order valence-electron chi connectivity index (χ0n) is 29.8. The summed E-state index contributed by atoms with van der Waals surface area (Å²) in [6.07, 6.45) is -1.81. The third-order valence-corrected chi connectivity index (χ3v) is 8.86. The molecule has 0 unspecified atom stereocenters. The van der Waals surface area contributed by atoms with Gasteiger partial charge in [-0.2, -0.15) is 4.98 Å². The Morgan fingerprint density at radius 1 is 0.774 bits per heavy atom. The van der Waals surface area contributed by atoms with E-state index < -0.39 is 30.1 Å². The number of ether oxygens (including phenoxy) is 4. The third kappa shape index (κ3) is 9.72. The fraction of sp³-hybridized carbons (Fsp3) is 0.293. The number of benzene rings is 4. The van der Waals surface area contributed by atoms with E-state index in [1.54, 1.807) is 32.9 Å². The van der Waals surface area contributed by atoms with Crippen LogP contribution in [0.5, 0.6) is 0 Å². The maximum Gasteiger partial charge on any atom is 0.512 e. The topological polar surface area (TPSA) is 130 Å². The number of rotatable bonds is 11. The molecule has 274 valence electrons.